The smallest absolute Gasteiger partial charge is 0.261 e. The number of hydrogen-bond donors (Lipinski definition) is 2. The van der Waals surface area contributed by atoms with Gasteiger partial charge in [-0.2, -0.15) is 0 Å². The van der Waals surface area contributed by atoms with Crippen molar-refractivity contribution in [3.05, 3.63) is 75.5 Å². The summed E-state index contributed by atoms with van der Waals surface area (Å²) in [6.07, 6.45) is 1.72. The number of nitrogens with one attached hydrogen (secondary N) is 2. The third-order valence-electron chi connectivity index (χ3n) is 7.01. The SMILES string of the molecule is COc1ccc([C@@H](C(=O)NC[C@H]2CCCO2)N(C(=O)CNC(=O)c2cccs2)c2cccc(C)c2C)cc1OC. The zero-order chi connectivity index (χ0) is 28.6. The van der Waals surface area contributed by atoms with Crippen LogP contribution in [0.1, 0.15) is 45.2 Å². The lowest BCUT2D eigenvalue weighted by Crippen LogP contribution is -2.48. The van der Waals surface area contributed by atoms with Crippen LogP contribution in [0.3, 0.4) is 0 Å². The average Bonchev–Trinajstić information content (AvgIpc) is 3.70. The summed E-state index contributed by atoms with van der Waals surface area (Å²) in [6.45, 7) is 4.55. The molecule has 0 unspecified atom stereocenters. The molecule has 40 heavy (non-hydrogen) atoms. The van der Waals surface area contributed by atoms with Crippen LogP contribution in [0.4, 0.5) is 5.69 Å². The molecule has 0 saturated carbocycles. The maximum absolute atomic E-state index is 14.0. The van der Waals surface area contributed by atoms with E-state index in [0.29, 0.717) is 40.8 Å². The quantitative estimate of drug-likeness (QED) is 0.361. The molecule has 1 fully saturated rings. The van der Waals surface area contributed by atoms with E-state index in [-0.39, 0.29) is 24.5 Å². The van der Waals surface area contributed by atoms with Crippen LogP contribution >= 0.6 is 11.3 Å². The predicted molar refractivity (Wildman–Crippen MR) is 154 cm³/mol. The first-order chi connectivity index (χ1) is 19.3. The highest BCUT2D eigenvalue weighted by atomic mass is 32.1. The molecule has 2 atom stereocenters. The summed E-state index contributed by atoms with van der Waals surface area (Å²) in [5.74, 6) is -0.240. The maximum atomic E-state index is 14.0. The van der Waals surface area contributed by atoms with E-state index in [9.17, 15) is 14.4 Å². The Morgan fingerprint density at radius 3 is 2.52 bits per heavy atom. The fraction of sp³-hybridized carbons (Fsp3) is 0.367. The lowest BCUT2D eigenvalue weighted by molar-refractivity contribution is -0.126. The number of ether oxygens (including phenoxy) is 3. The number of rotatable bonds is 11. The molecule has 0 radical (unpaired) electrons. The van der Waals surface area contributed by atoms with E-state index in [1.165, 1.54) is 30.5 Å². The molecule has 9 nitrogen and oxygen atoms in total. The van der Waals surface area contributed by atoms with Crippen LogP contribution in [-0.4, -0.2) is 57.7 Å². The predicted octanol–water partition coefficient (Wildman–Crippen LogP) is 4.18. The fourth-order valence-electron chi connectivity index (χ4n) is 4.71. The van der Waals surface area contributed by atoms with Gasteiger partial charge in [0.1, 0.15) is 6.04 Å². The summed E-state index contributed by atoms with van der Waals surface area (Å²) in [5, 5.41) is 7.51. The van der Waals surface area contributed by atoms with Crippen molar-refractivity contribution in [1.82, 2.24) is 10.6 Å². The molecule has 0 aliphatic carbocycles. The van der Waals surface area contributed by atoms with E-state index >= 15 is 0 Å². The van der Waals surface area contributed by atoms with Crippen molar-refractivity contribution in [2.45, 2.75) is 38.8 Å². The number of nitrogens with zero attached hydrogens (tertiary/aromatic N) is 1. The Bertz CT molecular complexity index is 1340. The molecule has 1 aliphatic rings. The summed E-state index contributed by atoms with van der Waals surface area (Å²) in [6, 6.07) is 13.2. The maximum Gasteiger partial charge on any atom is 0.261 e. The van der Waals surface area contributed by atoms with Crippen LogP contribution in [0.5, 0.6) is 11.5 Å². The molecule has 2 heterocycles. The zero-order valence-electron chi connectivity index (χ0n) is 23.2. The molecular weight excluding hydrogens is 530 g/mol. The monoisotopic (exact) mass is 565 g/mol. The van der Waals surface area contributed by atoms with Gasteiger partial charge in [0.05, 0.1) is 31.7 Å². The van der Waals surface area contributed by atoms with Gasteiger partial charge in [-0.15, -0.1) is 11.3 Å². The Kier molecular flexibility index (Phi) is 9.79. The van der Waals surface area contributed by atoms with Crippen LogP contribution in [0.2, 0.25) is 0 Å². The molecule has 2 aromatic carbocycles. The highest BCUT2D eigenvalue weighted by Gasteiger charge is 2.35. The van der Waals surface area contributed by atoms with Gasteiger partial charge in [0.15, 0.2) is 11.5 Å². The largest absolute Gasteiger partial charge is 0.493 e. The summed E-state index contributed by atoms with van der Waals surface area (Å²) in [7, 11) is 3.05. The molecule has 2 N–H and O–H groups in total. The van der Waals surface area contributed by atoms with Crippen LogP contribution < -0.4 is 25.0 Å². The Hall–Kier alpha value is -3.89. The van der Waals surface area contributed by atoms with E-state index in [2.05, 4.69) is 10.6 Å². The molecule has 0 spiro atoms. The Morgan fingerprint density at radius 1 is 1.05 bits per heavy atom. The van der Waals surface area contributed by atoms with Crippen molar-refractivity contribution in [2.24, 2.45) is 0 Å². The van der Waals surface area contributed by atoms with Gasteiger partial charge in [0, 0.05) is 18.8 Å². The number of methoxy groups -OCH3 is 2. The van der Waals surface area contributed by atoms with E-state index in [0.717, 1.165) is 24.0 Å². The van der Waals surface area contributed by atoms with Gasteiger partial charge in [-0.1, -0.05) is 24.3 Å². The third-order valence-corrected chi connectivity index (χ3v) is 7.88. The van der Waals surface area contributed by atoms with Crippen molar-refractivity contribution in [1.29, 1.82) is 0 Å². The Labute approximate surface area is 238 Å². The lowest BCUT2D eigenvalue weighted by atomic mass is 9.99. The molecule has 3 amide bonds. The van der Waals surface area contributed by atoms with E-state index < -0.39 is 11.9 Å². The minimum absolute atomic E-state index is 0.0788. The minimum Gasteiger partial charge on any atom is -0.493 e. The number of aryl methyl sites for hydroxylation is 1. The Morgan fingerprint density at radius 2 is 1.85 bits per heavy atom. The third kappa shape index (κ3) is 6.63. The first-order valence-corrected chi connectivity index (χ1v) is 14.0. The molecule has 1 aromatic heterocycles. The number of amides is 3. The van der Waals surface area contributed by atoms with Crippen molar-refractivity contribution in [2.75, 3.05) is 38.8 Å². The van der Waals surface area contributed by atoms with E-state index in [1.54, 1.807) is 35.7 Å². The normalized spacial score (nSPS) is 15.2. The van der Waals surface area contributed by atoms with Crippen LogP contribution in [0.15, 0.2) is 53.9 Å². The van der Waals surface area contributed by atoms with Gasteiger partial charge in [-0.25, -0.2) is 0 Å². The molecule has 4 rings (SSSR count). The van der Waals surface area contributed by atoms with Crippen molar-refractivity contribution in [3.63, 3.8) is 0 Å². The standard InChI is InChI=1S/C30H35N3O6S/c1-19-8-5-10-23(20(19)2)33(27(34)18-32-29(35)26-11-7-15-40-26)28(30(36)31-17-22-9-6-14-39-22)21-12-13-24(37-3)25(16-21)38-4/h5,7-8,10-13,15-16,22,28H,6,9,14,17-18H2,1-4H3,(H,31,36)(H,32,35)/t22-,28+/m1/s1. The lowest BCUT2D eigenvalue weighted by Gasteiger charge is -2.33. The van der Waals surface area contributed by atoms with Gasteiger partial charge in [0.25, 0.3) is 5.91 Å². The highest BCUT2D eigenvalue weighted by Crippen LogP contribution is 2.36. The van der Waals surface area contributed by atoms with Gasteiger partial charge in [0.2, 0.25) is 11.8 Å². The van der Waals surface area contributed by atoms with Gasteiger partial charge < -0.3 is 24.8 Å². The van der Waals surface area contributed by atoms with Crippen LogP contribution in [0.25, 0.3) is 0 Å². The number of benzene rings is 2. The van der Waals surface area contributed by atoms with Crippen LogP contribution in [-0.2, 0) is 14.3 Å². The molecule has 212 valence electrons. The van der Waals surface area contributed by atoms with E-state index in [4.69, 9.17) is 14.2 Å². The fourth-order valence-corrected chi connectivity index (χ4v) is 5.35. The second kappa shape index (κ2) is 13.5. The number of carbonyl (C=O) groups is 3. The molecule has 1 saturated heterocycles. The molecule has 1 aliphatic heterocycles. The summed E-state index contributed by atoms with van der Waals surface area (Å²) < 4.78 is 16.6. The topological polar surface area (TPSA) is 106 Å². The first kappa shape index (κ1) is 29.1. The van der Waals surface area contributed by atoms with Gasteiger partial charge >= 0.3 is 0 Å². The first-order valence-electron chi connectivity index (χ1n) is 13.1. The summed E-state index contributed by atoms with van der Waals surface area (Å²) in [4.78, 5) is 42.6. The average molecular weight is 566 g/mol. The number of thiophene rings is 1. The number of hydrogen-bond acceptors (Lipinski definition) is 7. The van der Waals surface area contributed by atoms with Crippen molar-refractivity contribution >= 4 is 34.7 Å². The molecule has 0 bridgehead atoms. The van der Waals surface area contributed by atoms with Gasteiger partial charge in [-0.05, 0) is 73.0 Å². The van der Waals surface area contributed by atoms with E-state index in [1.807, 2.05) is 32.0 Å². The molecule has 10 heteroatoms. The molecule has 3 aromatic rings. The minimum atomic E-state index is -1.06. The Balaban J connectivity index is 1.75. The number of anilines is 1. The summed E-state index contributed by atoms with van der Waals surface area (Å²) >= 11 is 1.29. The summed E-state index contributed by atoms with van der Waals surface area (Å²) in [5.41, 5.74) is 2.91. The molecular formula is C30H35N3O6S. The zero-order valence-corrected chi connectivity index (χ0v) is 24.0. The van der Waals surface area contributed by atoms with Crippen LogP contribution in [0, 0.1) is 13.8 Å². The van der Waals surface area contributed by atoms with Gasteiger partial charge in [-0.3, -0.25) is 19.3 Å². The highest BCUT2D eigenvalue weighted by molar-refractivity contribution is 7.12. The van der Waals surface area contributed by atoms with Crippen molar-refractivity contribution < 1.29 is 28.6 Å². The number of carbonyl (C=O) groups excluding carboxylic acids is 3. The second-order valence-corrected chi connectivity index (χ2v) is 10.5. The second-order valence-electron chi connectivity index (χ2n) is 9.54. The van der Waals surface area contributed by atoms with Crippen molar-refractivity contribution in [3.8, 4) is 11.5 Å².